The predicted octanol–water partition coefficient (Wildman–Crippen LogP) is 3.20. The van der Waals surface area contributed by atoms with Gasteiger partial charge in [0.15, 0.2) is 5.82 Å². The highest BCUT2D eigenvalue weighted by Crippen LogP contribution is 2.30. The fraction of sp³-hybridized carbons (Fsp3) is 0.167. The van der Waals surface area contributed by atoms with Crippen molar-refractivity contribution in [3.63, 3.8) is 0 Å². The highest BCUT2D eigenvalue weighted by Gasteiger charge is 2.09. The number of aryl methyl sites for hydroxylation is 1. The highest BCUT2D eigenvalue weighted by molar-refractivity contribution is 9.10. The number of ether oxygens (including phenoxy) is 1. The van der Waals surface area contributed by atoms with Crippen molar-refractivity contribution in [2.45, 2.75) is 13.5 Å². The van der Waals surface area contributed by atoms with Crippen molar-refractivity contribution >= 4 is 33.3 Å². The molecule has 2 aromatic rings. The summed E-state index contributed by atoms with van der Waals surface area (Å²) in [6.07, 6.45) is 0. The molecule has 106 valence electrons. The number of nitrogen functional groups attached to an aromatic ring is 1. The van der Waals surface area contributed by atoms with Crippen LogP contribution in [0.15, 0.2) is 22.7 Å². The van der Waals surface area contributed by atoms with E-state index in [9.17, 15) is 4.39 Å². The minimum absolute atomic E-state index is 0.0191. The van der Waals surface area contributed by atoms with Crippen molar-refractivity contribution in [2.75, 3.05) is 5.43 Å². The molecule has 3 N–H and O–H groups in total. The smallest absolute Gasteiger partial charge is 0.168 e. The summed E-state index contributed by atoms with van der Waals surface area (Å²) in [6.45, 7) is 1.89. The Morgan fingerprint density at radius 3 is 2.85 bits per heavy atom. The zero-order valence-corrected chi connectivity index (χ0v) is 12.8. The van der Waals surface area contributed by atoms with Gasteiger partial charge in [0.05, 0.1) is 9.50 Å². The number of nitrogens with two attached hydrogens (primary N) is 1. The topological polar surface area (TPSA) is 73.1 Å². The molecule has 0 aliphatic carbocycles. The van der Waals surface area contributed by atoms with Crippen molar-refractivity contribution < 1.29 is 9.13 Å². The van der Waals surface area contributed by atoms with E-state index in [2.05, 4.69) is 31.3 Å². The molecule has 1 aromatic carbocycles. The molecule has 0 spiro atoms. The molecule has 2 rings (SSSR count). The zero-order chi connectivity index (χ0) is 14.7. The van der Waals surface area contributed by atoms with Gasteiger partial charge in [-0.1, -0.05) is 11.6 Å². The number of anilines is 1. The maximum Gasteiger partial charge on any atom is 0.168 e. The number of halogens is 3. The Kier molecular flexibility index (Phi) is 4.74. The van der Waals surface area contributed by atoms with Crippen LogP contribution >= 0.6 is 27.5 Å². The standard InChI is InChI=1S/C12H11BrClFN4O/c1-6-2-11(19-16)18-12(17-6)5-20-10-4-9(15)8(14)3-7(10)13/h2-4H,5,16H2,1H3,(H,17,18,19). The summed E-state index contributed by atoms with van der Waals surface area (Å²) in [4.78, 5) is 8.33. The number of hydrogen-bond acceptors (Lipinski definition) is 5. The number of rotatable bonds is 4. The number of aromatic nitrogens is 2. The Bertz CT molecular complexity index is 641. The SMILES string of the molecule is Cc1cc(NN)nc(COc2cc(F)c(Cl)cc2Br)n1. The third-order valence-electron chi connectivity index (χ3n) is 2.38. The Hall–Kier alpha value is -1.44. The van der Waals surface area contributed by atoms with E-state index in [0.717, 1.165) is 5.69 Å². The number of nitrogens with one attached hydrogen (secondary N) is 1. The lowest BCUT2D eigenvalue weighted by Gasteiger charge is -2.09. The van der Waals surface area contributed by atoms with E-state index >= 15 is 0 Å². The van der Waals surface area contributed by atoms with E-state index in [1.54, 1.807) is 6.07 Å². The molecule has 8 heteroatoms. The molecule has 20 heavy (non-hydrogen) atoms. The number of nitrogens with zero attached hydrogens (tertiary/aromatic N) is 2. The molecule has 0 bridgehead atoms. The molecular formula is C12H11BrClFN4O. The first kappa shape index (κ1) is 15.0. The molecule has 0 saturated carbocycles. The molecule has 0 radical (unpaired) electrons. The fourth-order valence-corrected chi connectivity index (χ4v) is 2.28. The van der Waals surface area contributed by atoms with Gasteiger partial charge in [-0.15, -0.1) is 0 Å². The van der Waals surface area contributed by atoms with Gasteiger partial charge in [0.25, 0.3) is 0 Å². The maximum atomic E-state index is 13.4. The number of hydrazine groups is 1. The van der Waals surface area contributed by atoms with Gasteiger partial charge < -0.3 is 10.2 Å². The quantitative estimate of drug-likeness (QED) is 0.497. The summed E-state index contributed by atoms with van der Waals surface area (Å²) < 4.78 is 19.4. The third-order valence-corrected chi connectivity index (χ3v) is 3.29. The van der Waals surface area contributed by atoms with Gasteiger partial charge >= 0.3 is 0 Å². The summed E-state index contributed by atoms with van der Waals surface area (Å²) in [6, 6.07) is 4.32. The average Bonchev–Trinajstić information content (AvgIpc) is 2.40. The van der Waals surface area contributed by atoms with Gasteiger partial charge in [-0.2, -0.15) is 0 Å². The van der Waals surface area contributed by atoms with Crippen molar-refractivity contribution in [1.29, 1.82) is 0 Å². The minimum atomic E-state index is -0.556. The maximum absolute atomic E-state index is 13.4. The molecule has 0 fully saturated rings. The van der Waals surface area contributed by atoms with Gasteiger partial charge in [-0.25, -0.2) is 20.2 Å². The number of benzene rings is 1. The van der Waals surface area contributed by atoms with Crippen LogP contribution in [0.3, 0.4) is 0 Å². The Morgan fingerprint density at radius 1 is 1.40 bits per heavy atom. The summed E-state index contributed by atoms with van der Waals surface area (Å²) >= 11 is 8.90. The zero-order valence-electron chi connectivity index (χ0n) is 10.5. The van der Waals surface area contributed by atoms with Gasteiger partial charge in [0.2, 0.25) is 0 Å². The van der Waals surface area contributed by atoms with Crippen LogP contribution < -0.4 is 16.0 Å². The normalized spacial score (nSPS) is 10.4. The molecule has 5 nitrogen and oxygen atoms in total. The van der Waals surface area contributed by atoms with Crippen LogP contribution in [0.2, 0.25) is 5.02 Å². The number of hydrogen-bond donors (Lipinski definition) is 2. The van der Waals surface area contributed by atoms with Crippen LogP contribution in [0.1, 0.15) is 11.5 Å². The average molecular weight is 362 g/mol. The van der Waals surface area contributed by atoms with Crippen molar-refractivity contribution in [3.8, 4) is 5.75 Å². The van der Waals surface area contributed by atoms with Crippen LogP contribution in [0.4, 0.5) is 10.2 Å². The summed E-state index contributed by atoms with van der Waals surface area (Å²) in [5, 5.41) is 0.0191. The summed E-state index contributed by atoms with van der Waals surface area (Å²) in [7, 11) is 0. The van der Waals surface area contributed by atoms with E-state index in [4.69, 9.17) is 22.2 Å². The minimum Gasteiger partial charge on any atom is -0.484 e. The molecule has 0 unspecified atom stereocenters. The first-order chi connectivity index (χ1) is 9.49. The van der Waals surface area contributed by atoms with Crippen molar-refractivity contribution in [3.05, 3.63) is 45.0 Å². The molecular weight excluding hydrogens is 351 g/mol. The second kappa shape index (κ2) is 6.34. The van der Waals surface area contributed by atoms with Crippen molar-refractivity contribution in [2.24, 2.45) is 5.84 Å². The second-order valence-corrected chi connectivity index (χ2v) is 5.20. The lowest BCUT2D eigenvalue weighted by Crippen LogP contribution is -2.12. The molecule has 1 aromatic heterocycles. The second-order valence-electron chi connectivity index (χ2n) is 3.94. The van der Waals surface area contributed by atoms with Crippen LogP contribution in [-0.4, -0.2) is 9.97 Å². The summed E-state index contributed by atoms with van der Waals surface area (Å²) in [5.74, 6) is 5.98. The Labute approximate surface area is 128 Å². The van der Waals surface area contributed by atoms with Crippen LogP contribution in [-0.2, 0) is 6.61 Å². The molecule has 0 atom stereocenters. The molecule has 1 heterocycles. The molecule has 0 amide bonds. The summed E-state index contributed by atoms with van der Waals surface area (Å²) in [5.41, 5.74) is 3.18. The third kappa shape index (κ3) is 3.56. The monoisotopic (exact) mass is 360 g/mol. The Morgan fingerprint density at radius 2 is 2.15 bits per heavy atom. The first-order valence-corrected chi connectivity index (χ1v) is 6.75. The van der Waals surface area contributed by atoms with E-state index < -0.39 is 5.82 Å². The van der Waals surface area contributed by atoms with Crippen LogP contribution in [0, 0.1) is 12.7 Å². The fourth-order valence-electron chi connectivity index (χ4n) is 1.53. The van der Waals surface area contributed by atoms with E-state index in [0.29, 0.717) is 21.9 Å². The van der Waals surface area contributed by atoms with Gasteiger partial charge in [-0.05, 0) is 28.9 Å². The van der Waals surface area contributed by atoms with Gasteiger partial charge in [0.1, 0.15) is 24.0 Å². The van der Waals surface area contributed by atoms with Crippen LogP contribution in [0.5, 0.6) is 5.75 Å². The van der Waals surface area contributed by atoms with Crippen molar-refractivity contribution in [1.82, 2.24) is 9.97 Å². The lowest BCUT2D eigenvalue weighted by molar-refractivity contribution is 0.292. The first-order valence-electron chi connectivity index (χ1n) is 5.58. The Balaban J connectivity index is 2.16. The van der Waals surface area contributed by atoms with Gasteiger partial charge in [0, 0.05) is 17.8 Å². The van der Waals surface area contributed by atoms with Crippen LogP contribution in [0.25, 0.3) is 0 Å². The lowest BCUT2D eigenvalue weighted by atomic mass is 10.3. The molecule has 0 aliphatic rings. The predicted molar refractivity (Wildman–Crippen MR) is 78.0 cm³/mol. The van der Waals surface area contributed by atoms with E-state index in [1.807, 2.05) is 6.92 Å². The van der Waals surface area contributed by atoms with E-state index in [1.165, 1.54) is 12.1 Å². The van der Waals surface area contributed by atoms with E-state index in [-0.39, 0.29) is 11.6 Å². The highest BCUT2D eigenvalue weighted by atomic mass is 79.9. The van der Waals surface area contributed by atoms with Gasteiger partial charge in [-0.3, -0.25) is 0 Å². The molecule has 0 saturated heterocycles. The largest absolute Gasteiger partial charge is 0.484 e. The molecule has 0 aliphatic heterocycles.